The van der Waals surface area contributed by atoms with E-state index in [9.17, 15) is 0 Å². The van der Waals surface area contributed by atoms with E-state index in [4.69, 9.17) is 0 Å². The van der Waals surface area contributed by atoms with Crippen LogP contribution in [0.4, 0.5) is 0 Å². The minimum Gasteiger partial charge on any atom is -0.0961 e. The van der Waals surface area contributed by atoms with Crippen LogP contribution in [0.1, 0.15) is 12.5 Å². The maximum atomic E-state index is 4.19. The molecule has 0 aromatic heterocycles. The van der Waals surface area contributed by atoms with Crippen molar-refractivity contribution in [2.24, 2.45) is 0 Å². The lowest BCUT2D eigenvalue weighted by molar-refractivity contribution is 1.33. The highest BCUT2D eigenvalue weighted by atomic mass is 14.0. The minimum atomic E-state index is 0.950. The molecule has 0 aliphatic carbocycles. The van der Waals surface area contributed by atoms with E-state index in [1.165, 1.54) is 5.56 Å². The topological polar surface area (TPSA) is 0 Å². The molecule has 2 aromatic carbocycles. The highest BCUT2D eigenvalue weighted by Crippen LogP contribution is 1.92. The van der Waals surface area contributed by atoms with Crippen molar-refractivity contribution in [3.63, 3.8) is 0 Å². The van der Waals surface area contributed by atoms with Crippen LogP contribution in [0.2, 0.25) is 0 Å². The number of rotatable bonds is 1. The molecule has 2 rings (SSSR count). The van der Waals surface area contributed by atoms with E-state index in [0.29, 0.717) is 0 Å². The molecule has 0 radical (unpaired) electrons. The lowest BCUT2D eigenvalue weighted by atomic mass is 10.1. The van der Waals surface area contributed by atoms with Gasteiger partial charge in [-0.25, -0.2) is 0 Å². The summed E-state index contributed by atoms with van der Waals surface area (Å²) < 4.78 is 0. The fourth-order valence-electron chi connectivity index (χ4n) is 2.35. The third-order valence-corrected chi connectivity index (χ3v) is 3.42. The first kappa shape index (κ1) is 14.1. The quantitative estimate of drug-likeness (QED) is 0.734. The zero-order valence-electron chi connectivity index (χ0n) is 12.3. The molecule has 0 bridgehead atoms. The zero-order valence-corrected chi connectivity index (χ0v) is 12.3. The Labute approximate surface area is 119 Å². The molecule has 100 valence electrons. The molecule has 0 N–H and O–H groups in total. The molecular formula is C20H20. The van der Waals surface area contributed by atoms with Crippen LogP contribution in [-0.4, -0.2) is 0 Å². The molecule has 0 atom stereocenters. The van der Waals surface area contributed by atoms with Gasteiger partial charge in [0.2, 0.25) is 0 Å². The molecule has 2 aromatic rings. The molecule has 0 fully saturated rings. The lowest BCUT2D eigenvalue weighted by Gasteiger charge is -1.97. The van der Waals surface area contributed by atoms with Crippen LogP contribution in [0.5, 0.6) is 0 Å². The molecule has 0 heterocycles. The maximum Gasteiger partial charge on any atom is -0.0105 e. The molecule has 0 unspecified atom stereocenters. The van der Waals surface area contributed by atoms with Crippen LogP contribution < -0.4 is 20.9 Å². The van der Waals surface area contributed by atoms with Crippen LogP contribution in [0.25, 0.3) is 25.8 Å². The van der Waals surface area contributed by atoms with E-state index < -0.39 is 0 Å². The van der Waals surface area contributed by atoms with Gasteiger partial charge in [-0.1, -0.05) is 73.9 Å². The third kappa shape index (κ3) is 2.65. The fraction of sp³-hybridized carbons (Fsp3) is 0.100. The number of hydrogen-bond donors (Lipinski definition) is 0. The smallest absolute Gasteiger partial charge is 0.0105 e. The monoisotopic (exact) mass is 260 g/mol. The number of benzene rings is 2. The molecule has 0 saturated heterocycles. The zero-order chi connectivity index (χ0) is 14.9. The van der Waals surface area contributed by atoms with Crippen LogP contribution in [0.3, 0.4) is 0 Å². The van der Waals surface area contributed by atoms with E-state index in [1.54, 1.807) is 0 Å². The van der Waals surface area contributed by atoms with Gasteiger partial charge in [-0.05, 0) is 45.2 Å². The summed E-state index contributed by atoms with van der Waals surface area (Å²) in [5.41, 5.74) is 2.22. The predicted octanol–water partition coefficient (Wildman–Crippen LogP) is 1.87. The van der Waals surface area contributed by atoms with E-state index in [-0.39, 0.29) is 0 Å². The van der Waals surface area contributed by atoms with Gasteiger partial charge >= 0.3 is 0 Å². The molecule has 0 heteroatoms. The summed E-state index contributed by atoms with van der Waals surface area (Å²) in [5.74, 6) is 0. The summed E-state index contributed by atoms with van der Waals surface area (Å²) in [6, 6.07) is 10.4. The van der Waals surface area contributed by atoms with Crippen molar-refractivity contribution in [3.8, 4) is 0 Å². The Morgan fingerprint density at radius 2 is 1.60 bits per heavy atom. The highest BCUT2D eigenvalue weighted by molar-refractivity contribution is 5.44. The largest absolute Gasteiger partial charge is 0.0961 e. The van der Waals surface area contributed by atoms with E-state index >= 15 is 0 Å². The number of hydrogen-bond acceptors (Lipinski definition) is 0. The SMILES string of the molecule is C=C(C)/C=c1/cc/c(=c2\ccc(C)cc2=C)c(=C)c1=C. The molecule has 0 saturated carbocycles. The van der Waals surface area contributed by atoms with Gasteiger partial charge in [0.25, 0.3) is 0 Å². The second kappa shape index (κ2) is 5.34. The normalized spacial score (nSPS) is 13.4. The molecule has 0 aliphatic heterocycles. The van der Waals surface area contributed by atoms with Gasteiger partial charge in [-0.3, -0.25) is 0 Å². The second-order valence-electron chi connectivity index (χ2n) is 5.31. The molecule has 0 nitrogen and oxygen atoms in total. The standard InChI is InChI=1S/C20H20/c1-13(2)11-18-8-10-20(17(6)16(18)5)19-9-7-14(3)12-15(19)4/h7-12H,1,4-6H2,2-3H3/b18-11-,20-19-. The average Bonchev–Trinajstić information content (AvgIpc) is 2.36. The fourth-order valence-corrected chi connectivity index (χ4v) is 2.35. The van der Waals surface area contributed by atoms with E-state index in [0.717, 1.165) is 36.9 Å². The van der Waals surface area contributed by atoms with Crippen molar-refractivity contribution in [2.45, 2.75) is 13.8 Å². The van der Waals surface area contributed by atoms with E-state index in [1.807, 2.05) is 13.0 Å². The average molecular weight is 260 g/mol. The molecule has 0 spiro atoms. The van der Waals surface area contributed by atoms with Crippen molar-refractivity contribution in [1.82, 2.24) is 0 Å². The second-order valence-corrected chi connectivity index (χ2v) is 5.31. The van der Waals surface area contributed by atoms with Gasteiger partial charge in [0, 0.05) is 0 Å². The van der Waals surface area contributed by atoms with Crippen molar-refractivity contribution in [2.75, 3.05) is 0 Å². The van der Waals surface area contributed by atoms with Gasteiger partial charge < -0.3 is 0 Å². The summed E-state index contributed by atoms with van der Waals surface area (Å²) >= 11 is 0. The van der Waals surface area contributed by atoms with Gasteiger partial charge in [0.15, 0.2) is 0 Å². The summed E-state index contributed by atoms with van der Waals surface area (Å²) in [7, 11) is 0. The summed E-state index contributed by atoms with van der Waals surface area (Å²) in [6.45, 7) is 20.4. The van der Waals surface area contributed by atoms with Crippen LogP contribution in [0, 0.1) is 17.4 Å². The highest BCUT2D eigenvalue weighted by Gasteiger charge is 1.92. The van der Waals surface area contributed by atoms with Crippen molar-refractivity contribution in [3.05, 3.63) is 79.4 Å². The Morgan fingerprint density at radius 3 is 2.20 bits per heavy atom. The van der Waals surface area contributed by atoms with Crippen LogP contribution in [0.15, 0.2) is 42.5 Å². The number of allylic oxidation sites excluding steroid dienone is 1. The Hall–Kier alpha value is -2.34. The van der Waals surface area contributed by atoms with E-state index in [2.05, 4.69) is 63.6 Å². The van der Waals surface area contributed by atoms with Gasteiger partial charge in [0.05, 0.1) is 0 Å². The van der Waals surface area contributed by atoms with Gasteiger partial charge in [-0.15, -0.1) is 0 Å². The summed E-state index contributed by atoms with van der Waals surface area (Å²) in [5, 5.41) is 6.21. The van der Waals surface area contributed by atoms with Crippen LogP contribution in [-0.2, 0) is 0 Å². The minimum absolute atomic E-state index is 0.950. The molecule has 0 amide bonds. The third-order valence-electron chi connectivity index (χ3n) is 3.42. The molecular weight excluding hydrogens is 240 g/mol. The Kier molecular flexibility index (Phi) is 3.76. The maximum absolute atomic E-state index is 4.19. The summed E-state index contributed by atoms with van der Waals surface area (Å²) in [6.07, 6.45) is 2.03. The Balaban J connectivity index is 3.04. The van der Waals surface area contributed by atoms with Gasteiger partial charge in [-0.2, -0.15) is 0 Å². The van der Waals surface area contributed by atoms with Crippen molar-refractivity contribution >= 4 is 25.8 Å². The van der Waals surface area contributed by atoms with Gasteiger partial charge in [0.1, 0.15) is 0 Å². The lowest BCUT2D eigenvalue weighted by Crippen LogP contribution is -2.38. The first-order chi connectivity index (χ1) is 9.40. The van der Waals surface area contributed by atoms with Crippen molar-refractivity contribution in [1.29, 1.82) is 0 Å². The molecule has 20 heavy (non-hydrogen) atoms. The Morgan fingerprint density at radius 1 is 0.950 bits per heavy atom. The first-order valence-electron chi connectivity index (χ1n) is 6.64. The summed E-state index contributed by atoms with van der Waals surface area (Å²) in [4.78, 5) is 0. The number of aryl methyl sites for hydroxylation is 1. The molecule has 0 aliphatic rings. The first-order valence-corrected chi connectivity index (χ1v) is 6.64. The Bertz CT molecular complexity index is 976. The van der Waals surface area contributed by atoms with Crippen molar-refractivity contribution < 1.29 is 0 Å². The predicted molar refractivity (Wildman–Crippen MR) is 89.6 cm³/mol. The van der Waals surface area contributed by atoms with Crippen LogP contribution >= 0.6 is 0 Å².